The molecular weight excluding hydrogens is 336 g/mol. The standard InChI is InChI=1S/C19H19ClN4O/c20-15-7-3-6-14-17(15)23-16(12-8-10-21-11-9-12)18(14)24-19(25)22-13-4-1-2-5-13/h3,6-11,13,23H,1-2,4-5H2,(H2,22,24,25). The van der Waals surface area contributed by atoms with Crippen LogP contribution in [0, 0.1) is 0 Å². The average Bonchev–Trinajstić information content (AvgIpc) is 3.25. The molecule has 128 valence electrons. The van der Waals surface area contributed by atoms with E-state index in [0.717, 1.165) is 40.7 Å². The molecule has 3 N–H and O–H groups in total. The van der Waals surface area contributed by atoms with E-state index >= 15 is 0 Å². The molecule has 1 saturated carbocycles. The van der Waals surface area contributed by atoms with Crippen molar-refractivity contribution in [2.24, 2.45) is 0 Å². The lowest BCUT2D eigenvalue weighted by Crippen LogP contribution is -2.36. The first kappa shape index (κ1) is 16.0. The van der Waals surface area contributed by atoms with Crippen molar-refractivity contribution < 1.29 is 4.79 Å². The van der Waals surface area contributed by atoms with Crippen LogP contribution in [0.2, 0.25) is 5.02 Å². The summed E-state index contributed by atoms with van der Waals surface area (Å²) in [6.07, 6.45) is 7.90. The van der Waals surface area contributed by atoms with Gasteiger partial charge in [0, 0.05) is 29.4 Å². The monoisotopic (exact) mass is 354 g/mol. The number of pyridine rings is 1. The van der Waals surface area contributed by atoms with E-state index in [-0.39, 0.29) is 12.1 Å². The zero-order valence-electron chi connectivity index (χ0n) is 13.7. The van der Waals surface area contributed by atoms with Crippen LogP contribution in [-0.2, 0) is 0 Å². The third kappa shape index (κ3) is 3.20. The summed E-state index contributed by atoms with van der Waals surface area (Å²) in [5, 5.41) is 7.60. The van der Waals surface area contributed by atoms with Crippen molar-refractivity contribution in [3.63, 3.8) is 0 Å². The fourth-order valence-corrected chi connectivity index (χ4v) is 3.67. The molecule has 2 heterocycles. The van der Waals surface area contributed by atoms with Gasteiger partial charge < -0.3 is 15.6 Å². The molecule has 1 aliphatic rings. The van der Waals surface area contributed by atoms with Crippen LogP contribution in [0.1, 0.15) is 25.7 Å². The molecule has 2 amide bonds. The molecule has 0 atom stereocenters. The maximum atomic E-state index is 12.5. The first-order chi connectivity index (χ1) is 12.2. The predicted molar refractivity (Wildman–Crippen MR) is 101 cm³/mol. The number of hydrogen-bond donors (Lipinski definition) is 3. The lowest BCUT2D eigenvalue weighted by molar-refractivity contribution is 0.248. The van der Waals surface area contributed by atoms with Gasteiger partial charge in [0.25, 0.3) is 0 Å². The Morgan fingerprint density at radius 2 is 1.92 bits per heavy atom. The molecule has 5 nitrogen and oxygen atoms in total. The minimum Gasteiger partial charge on any atom is -0.352 e. The Balaban J connectivity index is 1.72. The lowest BCUT2D eigenvalue weighted by Gasteiger charge is -2.13. The summed E-state index contributed by atoms with van der Waals surface area (Å²) in [6.45, 7) is 0. The van der Waals surface area contributed by atoms with E-state index in [2.05, 4.69) is 20.6 Å². The van der Waals surface area contributed by atoms with E-state index in [9.17, 15) is 4.79 Å². The Morgan fingerprint density at radius 1 is 1.16 bits per heavy atom. The normalized spacial score (nSPS) is 14.8. The number of nitrogens with zero attached hydrogens (tertiary/aromatic N) is 1. The van der Waals surface area contributed by atoms with Gasteiger partial charge in [0.1, 0.15) is 0 Å². The zero-order valence-corrected chi connectivity index (χ0v) is 14.4. The SMILES string of the molecule is O=C(Nc1c(-c2ccncc2)[nH]c2c(Cl)cccc12)NC1CCCC1. The topological polar surface area (TPSA) is 69.8 Å². The van der Waals surface area contributed by atoms with Gasteiger partial charge >= 0.3 is 6.03 Å². The van der Waals surface area contributed by atoms with Gasteiger partial charge in [0.05, 0.1) is 21.9 Å². The molecule has 0 bridgehead atoms. The van der Waals surface area contributed by atoms with Crippen LogP contribution in [-0.4, -0.2) is 22.0 Å². The molecule has 2 aromatic heterocycles. The molecule has 1 aliphatic carbocycles. The van der Waals surface area contributed by atoms with Crippen LogP contribution in [0.25, 0.3) is 22.2 Å². The lowest BCUT2D eigenvalue weighted by atomic mass is 10.1. The predicted octanol–water partition coefficient (Wildman–Crippen LogP) is 4.95. The minimum atomic E-state index is -0.178. The second-order valence-corrected chi connectivity index (χ2v) is 6.76. The second kappa shape index (κ2) is 6.76. The van der Waals surface area contributed by atoms with Crippen LogP contribution in [0.4, 0.5) is 10.5 Å². The molecule has 0 radical (unpaired) electrons. The highest BCUT2D eigenvalue weighted by Gasteiger charge is 2.20. The number of carbonyl (C=O) groups is 1. The van der Waals surface area contributed by atoms with Crippen molar-refractivity contribution in [1.29, 1.82) is 0 Å². The summed E-state index contributed by atoms with van der Waals surface area (Å²) in [7, 11) is 0. The average molecular weight is 355 g/mol. The van der Waals surface area contributed by atoms with Crippen molar-refractivity contribution >= 4 is 34.2 Å². The molecule has 0 aliphatic heterocycles. The first-order valence-corrected chi connectivity index (χ1v) is 8.88. The fraction of sp³-hybridized carbons (Fsp3) is 0.263. The number of rotatable bonds is 3. The number of H-pyrrole nitrogens is 1. The zero-order chi connectivity index (χ0) is 17.2. The molecule has 0 saturated heterocycles. The van der Waals surface area contributed by atoms with E-state index in [0.29, 0.717) is 5.02 Å². The molecule has 0 spiro atoms. The van der Waals surface area contributed by atoms with Crippen molar-refractivity contribution in [2.45, 2.75) is 31.7 Å². The summed E-state index contributed by atoms with van der Waals surface area (Å²) >= 11 is 6.33. The number of aromatic amines is 1. The van der Waals surface area contributed by atoms with E-state index in [1.165, 1.54) is 12.8 Å². The Kier molecular flexibility index (Phi) is 4.32. The van der Waals surface area contributed by atoms with Crippen LogP contribution < -0.4 is 10.6 Å². The molecular formula is C19H19ClN4O. The summed E-state index contributed by atoms with van der Waals surface area (Å²) in [5.41, 5.74) is 3.32. The van der Waals surface area contributed by atoms with Gasteiger partial charge in [-0.2, -0.15) is 0 Å². The molecule has 1 fully saturated rings. The van der Waals surface area contributed by atoms with Crippen molar-refractivity contribution in [3.05, 3.63) is 47.7 Å². The number of halogens is 1. The van der Waals surface area contributed by atoms with Gasteiger partial charge in [-0.05, 0) is 31.0 Å². The number of carbonyl (C=O) groups excluding carboxylic acids is 1. The number of hydrogen-bond acceptors (Lipinski definition) is 2. The van der Waals surface area contributed by atoms with Gasteiger partial charge in [-0.25, -0.2) is 4.79 Å². The van der Waals surface area contributed by atoms with Gasteiger partial charge in [-0.15, -0.1) is 0 Å². The van der Waals surface area contributed by atoms with E-state index < -0.39 is 0 Å². The molecule has 3 aromatic rings. The number of fused-ring (bicyclic) bond motifs is 1. The van der Waals surface area contributed by atoms with Crippen molar-refractivity contribution in [2.75, 3.05) is 5.32 Å². The summed E-state index contributed by atoms with van der Waals surface area (Å²) in [6, 6.07) is 9.56. The Bertz CT molecular complexity index is 900. The van der Waals surface area contributed by atoms with Crippen LogP contribution in [0.5, 0.6) is 0 Å². The minimum absolute atomic E-state index is 0.178. The maximum Gasteiger partial charge on any atom is 0.319 e. The Labute approximate surface area is 150 Å². The number of benzene rings is 1. The fourth-order valence-electron chi connectivity index (χ4n) is 3.45. The quantitative estimate of drug-likeness (QED) is 0.623. The van der Waals surface area contributed by atoms with Gasteiger partial charge in [0.2, 0.25) is 0 Å². The Hall–Kier alpha value is -2.53. The number of urea groups is 1. The number of para-hydroxylation sites is 1. The van der Waals surface area contributed by atoms with E-state index in [1.54, 1.807) is 12.4 Å². The first-order valence-electron chi connectivity index (χ1n) is 8.50. The molecule has 6 heteroatoms. The highest BCUT2D eigenvalue weighted by Crippen LogP contribution is 2.37. The number of anilines is 1. The molecule has 4 rings (SSSR count). The summed E-state index contributed by atoms with van der Waals surface area (Å²) in [5.74, 6) is 0. The van der Waals surface area contributed by atoms with Crippen molar-refractivity contribution in [3.8, 4) is 11.3 Å². The largest absolute Gasteiger partial charge is 0.352 e. The summed E-state index contributed by atoms with van der Waals surface area (Å²) in [4.78, 5) is 19.9. The van der Waals surface area contributed by atoms with E-state index in [1.807, 2.05) is 30.3 Å². The number of aromatic nitrogens is 2. The van der Waals surface area contributed by atoms with Crippen LogP contribution >= 0.6 is 11.6 Å². The highest BCUT2D eigenvalue weighted by atomic mass is 35.5. The number of amides is 2. The van der Waals surface area contributed by atoms with Gasteiger partial charge in [0.15, 0.2) is 0 Å². The summed E-state index contributed by atoms with van der Waals surface area (Å²) < 4.78 is 0. The number of nitrogens with one attached hydrogen (secondary N) is 3. The third-order valence-electron chi connectivity index (χ3n) is 4.68. The highest BCUT2D eigenvalue weighted by molar-refractivity contribution is 6.36. The van der Waals surface area contributed by atoms with E-state index in [4.69, 9.17) is 11.6 Å². The Morgan fingerprint density at radius 3 is 2.68 bits per heavy atom. The van der Waals surface area contributed by atoms with Crippen LogP contribution in [0.15, 0.2) is 42.7 Å². The second-order valence-electron chi connectivity index (χ2n) is 6.35. The maximum absolute atomic E-state index is 12.5. The van der Waals surface area contributed by atoms with Gasteiger partial charge in [-0.1, -0.05) is 36.6 Å². The third-order valence-corrected chi connectivity index (χ3v) is 5.00. The molecule has 0 unspecified atom stereocenters. The van der Waals surface area contributed by atoms with Crippen LogP contribution in [0.3, 0.4) is 0 Å². The smallest absolute Gasteiger partial charge is 0.319 e. The van der Waals surface area contributed by atoms with Crippen molar-refractivity contribution in [1.82, 2.24) is 15.3 Å². The van der Waals surface area contributed by atoms with Gasteiger partial charge in [-0.3, -0.25) is 4.98 Å². The molecule has 25 heavy (non-hydrogen) atoms. The molecule has 1 aromatic carbocycles.